The van der Waals surface area contributed by atoms with Crippen molar-refractivity contribution in [3.05, 3.63) is 58.7 Å². The van der Waals surface area contributed by atoms with Crippen LogP contribution in [-0.4, -0.2) is 18.9 Å². The number of carbonyl (C=O) groups excluding carboxylic acids is 2. The first-order valence-electron chi connectivity index (χ1n) is 12.0. The standard InChI is InChI=1S/C29H38O4/c1-20-18-23(10-12-25(20)32-6)29(16-14-28(4,5)15-17-29)24-11-13-26(21(2)19-24)33-27(31)9-7-8-22(3)30/h10-13,18-19H,7-9,14-17H2,1-6H3. The van der Waals surface area contributed by atoms with Crippen LogP contribution in [0.3, 0.4) is 0 Å². The van der Waals surface area contributed by atoms with Crippen LogP contribution in [-0.2, 0) is 15.0 Å². The van der Waals surface area contributed by atoms with Crippen LogP contribution in [0.5, 0.6) is 11.5 Å². The van der Waals surface area contributed by atoms with Crippen LogP contribution in [0.2, 0.25) is 0 Å². The van der Waals surface area contributed by atoms with Crippen molar-refractivity contribution in [1.29, 1.82) is 0 Å². The zero-order valence-electron chi connectivity index (χ0n) is 21.0. The molecule has 178 valence electrons. The molecular formula is C29H38O4. The number of ether oxygens (including phenoxy) is 2. The third-order valence-corrected chi connectivity index (χ3v) is 7.27. The fraction of sp³-hybridized carbons (Fsp3) is 0.517. The number of rotatable bonds is 8. The van der Waals surface area contributed by atoms with Crippen molar-refractivity contribution in [3.63, 3.8) is 0 Å². The lowest BCUT2D eigenvalue weighted by Crippen LogP contribution is -2.36. The molecule has 2 aromatic carbocycles. The molecule has 0 aliphatic heterocycles. The zero-order valence-corrected chi connectivity index (χ0v) is 21.0. The van der Waals surface area contributed by atoms with Crippen LogP contribution in [0.25, 0.3) is 0 Å². The van der Waals surface area contributed by atoms with E-state index in [9.17, 15) is 9.59 Å². The molecule has 0 N–H and O–H groups in total. The highest BCUT2D eigenvalue weighted by Gasteiger charge is 2.41. The maximum Gasteiger partial charge on any atom is 0.311 e. The monoisotopic (exact) mass is 450 g/mol. The number of ketones is 1. The van der Waals surface area contributed by atoms with Crippen molar-refractivity contribution in [2.75, 3.05) is 7.11 Å². The summed E-state index contributed by atoms with van der Waals surface area (Å²) >= 11 is 0. The molecule has 2 aromatic rings. The number of hydrogen-bond acceptors (Lipinski definition) is 4. The molecular weight excluding hydrogens is 412 g/mol. The normalized spacial score (nSPS) is 16.8. The number of methoxy groups -OCH3 is 1. The van der Waals surface area contributed by atoms with Gasteiger partial charge in [0, 0.05) is 18.3 Å². The summed E-state index contributed by atoms with van der Waals surface area (Å²) in [5, 5.41) is 0. The predicted molar refractivity (Wildman–Crippen MR) is 132 cm³/mol. The van der Waals surface area contributed by atoms with E-state index in [2.05, 4.69) is 51.1 Å². The van der Waals surface area contributed by atoms with Crippen LogP contribution in [0.15, 0.2) is 36.4 Å². The van der Waals surface area contributed by atoms with Crippen molar-refractivity contribution in [3.8, 4) is 11.5 Å². The van der Waals surface area contributed by atoms with Crippen molar-refractivity contribution in [2.45, 2.75) is 85.0 Å². The van der Waals surface area contributed by atoms with Gasteiger partial charge < -0.3 is 14.3 Å². The topological polar surface area (TPSA) is 52.6 Å². The van der Waals surface area contributed by atoms with E-state index in [4.69, 9.17) is 9.47 Å². The summed E-state index contributed by atoms with van der Waals surface area (Å²) in [6.07, 6.45) is 5.66. The quantitative estimate of drug-likeness (QED) is 0.325. The van der Waals surface area contributed by atoms with Crippen LogP contribution >= 0.6 is 0 Å². The number of hydrogen-bond donors (Lipinski definition) is 0. The third kappa shape index (κ3) is 5.85. The van der Waals surface area contributed by atoms with Gasteiger partial charge >= 0.3 is 5.97 Å². The SMILES string of the molecule is COc1ccc(C2(c3ccc(OC(=O)CCCC(C)=O)c(C)c3)CCC(C)(C)CC2)cc1C. The number of benzene rings is 2. The Bertz CT molecular complexity index is 1010. The summed E-state index contributed by atoms with van der Waals surface area (Å²) in [5.74, 6) is 1.32. The molecule has 0 radical (unpaired) electrons. The Hall–Kier alpha value is -2.62. The second-order valence-electron chi connectivity index (χ2n) is 10.4. The summed E-state index contributed by atoms with van der Waals surface area (Å²) < 4.78 is 11.1. The lowest BCUT2D eigenvalue weighted by atomic mass is 9.59. The lowest BCUT2D eigenvalue weighted by molar-refractivity contribution is -0.134. The van der Waals surface area contributed by atoms with E-state index >= 15 is 0 Å². The molecule has 33 heavy (non-hydrogen) atoms. The summed E-state index contributed by atoms with van der Waals surface area (Å²) in [6, 6.07) is 12.8. The second-order valence-corrected chi connectivity index (χ2v) is 10.4. The molecule has 3 rings (SSSR count). The molecule has 1 aliphatic carbocycles. The minimum Gasteiger partial charge on any atom is -0.496 e. The molecule has 4 heteroatoms. The van der Waals surface area contributed by atoms with E-state index in [1.807, 2.05) is 13.0 Å². The number of Topliss-reactive ketones (excluding diaryl/α,β-unsaturated/α-hetero) is 1. The van der Waals surface area contributed by atoms with Crippen molar-refractivity contribution in [2.24, 2.45) is 5.41 Å². The molecule has 0 amide bonds. The molecule has 0 unspecified atom stereocenters. The van der Waals surface area contributed by atoms with E-state index in [0.29, 0.717) is 24.0 Å². The highest BCUT2D eigenvalue weighted by molar-refractivity contribution is 5.77. The Balaban J connectivity index is 1.90. The van der Waals surface area contributed by atoms with Gasteiger partial charge in [-0.05, 0) is 92.7 Å². The summed E-state index contributed by atoms with van der Waals surface area (Å²) in [7, 11) is 1.71. The first-order chi connectivity index (χ1) is 15.6. The minimum atomic E-state index is -0.285. The third-order valence-electron chi connectivity index (χ3n) is 7.27. The highest BCUT2D eigenvalue weighted by atomic mass is 16.5. The van der Waals surface area contributed by atoms with E-state index < -0.39 is 0 Å². The largest absolute Gasteiger partial charge is 0.496 e. The van der Waals surface area contributed by atoms with E-state index in [0.717, 1.165) is 42.6 Å². The van der Waals surface area contributed by atoms with Crippen LogP contribution < -0.4 is 9.47 Å². The van der Waals surface area contributed by atoms with Crippen LogP contribution in [0, 0.1) is 19.3 Å². The van der Waals surface area contributed by atoms with Crippen LogP contribution in [0.4, 0.5) is 0 Å². The van der Waals surface area contributed by atoms with Gasteiger partial charge in [0.2, 0.25) is 0 Å². The molecule has 0 bridgehead atoms. The smallest absolute Gasteiger partial charge is 0.311 e. The summed E-state index contributed by atoms with van der Waals surface area (Å²) in [5.41, 5.74) is 4.98. The number of esters is 1. The second kappa shape index (κ2) is 10.1. The van der Waals surface area contributed by atoms with Gasteiger partial charge in [-0.2, -0.15) is 0 Å². The van der Waals surface area contributed by atoms with Gasteiger partial charge in [-0.25, -0.2) is 0 Å². The van der Waals surface area contributed by atoms with Gasteiger partial charge in [0.25, 0.3) is 0 Å². The Labute approximate surface area is 198 Å². The average Bonchev–Trinajstić information content (AvgIpc) is 2.75. The molecule has 1 aliphatic rings. The molecule has 0 spiro atoms. The van der Waals surface area contributed by atoms with Gasteiger partial charge in [-0.1, -0.05) is 38.1 Å². The minimum absolute atomic E-state index is 0.0681. The number of aryl methyl sites for hydroxylation is 2. The maximum atomic E-state index is 12.2. The molecule has 1 saturated carbocycles. The molecule has 1 fully saturated rings. The van der Waals surface area contributed by atoms with Gasteiger partial charge in [0.15, 0.2) is 0 Å². The van der Waals surface area contributed by atoms with E-state index in [-0.39, 0.29) is 23.6 Å². The Morgan fingerprint density at radius 2 is 1.39 bits per heavy atom. The van der Waals surface area contributed by atoms with Gasteiger partial charge in [0.1, 0.15) is 17.3 Å². The van der Waals surface area contributed by atoms with Crippen molar-refractivity contribution >= 4 is 11.8 Å². The van der Waals surface area contributed by atoms with Gasteiger partial charge in [-0.3, -0.25) is 4.79 Å². The first kappa shape index (κ1) is 25.0. The molecule has 4 nitrogen and oxygen atoms in total. The first-order valence-corrected chi connectivity index (χ1v) is 12.0. The molecule has 0 heterocycles. The summed E-state index contributed by atoms with van der Waals surface area (Å²) in [6.45, 7) is 10.4. The van der Waals surface area contributed by atoms with Crippen LogP contribution in [0.1, 0.15) is 88.0 Å². The lowest BCUT2D eigenvalue weighted by Gasteiger charge is -2.45. The predicted octanol–water partition coefficient (Wildman–Crippen LogP) is 6.86. The molecule has 0 aromatic heterocycles. The van der Waals surface area contributed by atoms with E-state index in [1.54, 1.807) is 14.0 Å². The van der Waals surface area contributed by atoms with Crippen molar-refractivity contribution < 1.29 is 19.1 Å². The maximum absolute atomic E-state index is 12.2. The highest BCUT2D eigenvalue weighted by Crippen LogP contribution is 2.51. The molecule has 0 atom stereocenters. The zero-order chi connectivity index (χ0) is 24.2. The summed E-state index contributed by atoms with van der Waals surface area (Å²) in [4.78, 5) is 23.4. The number of carbonyl (C=O) groups is 2. The van der Waals surface area contributed by atoms with Crippen molar-refractivity contribution in [1.82, 2.24) is 0 Å². The Kier molecular flexibility index (Phi) is 7.66. The van der Waals surface area contributed by atoms with Gasteiger partial charge in [-0.15, -0.1) is 0 Å². The molecule has 0 saturated heterocycles. The fourth-order valence-corrected chi connectivity index (χ4v) is 4.99. The van der Waals surface area contributed by atoms with E-state index in [1.165, 1.54) is 11.1 Å². The van der Waals surface area contributed by atoms with Gasteiger partial charge in [0.05, 0.1) is 7.11 Å². The fourth-order valence-electron chi connectivity index (χ4n) is 4.99. The average molecular weight is 451 g/mol. The Morgan fingerprint density at radius 1 is 0.848 bits per heavy atom. The Morgan fingerprint density at radius 3 is 1.88 bits per heavy atom.